The van der Waals surface area contributed by atoms with Crippen molar-refractivity contribution in [2.45, 2.75) is 25.4 Å². The highest BCUT2D eigenvalue weighted by Gasteiger charge is 2.39. The van der Waals surface area contributed by atoms with Crippen molar-refractivity contribution in [2.75, 3.05) is 0 Å². The minimum absolute atomic E-state index is 0.300. The van der Waals surface area contributed by atoms with Crippen molar-refractivity contribution in [3.05, 3.63) is 85.0 Å². The fourth-order valence-corrected chi connectivity index (χ4v) is 3.00. The fraction of sp³-hybridized carbons (Fsp3) is 0.263. The SMILES string of the molecule is C=CCC1=CC=CC(O)C1(CC=C)Cc1ccccc1. The summed E-state index contributed by atoms with van der Waals surface area (Å²) in [5.74, 6) is 0. The van der Waals surface area contributed by atoms with Gasteiger partial charge in [0.15, 0.2) is 0 Å². The Balaban J connectivity index is 2.40. The second kappa shape index (κ2) is 6.53. The summed E-state index contributed by atoms with van der Waals surface area (Å²) < 4.78 is 0. The molecular formula is C19H22O. The van der Waals surface area contributed by atoms with E-state index < -0.39 is 6.10 Å². The van der Waals surface area contributed by atoms with E-state index in [9.17, 15) is 5.11 Å². The van der Waals surface area contributed by atoms with Gasteiger partial charge in [0.1, 0.15) is 0 Å². The van der Waals surface area contributed by atoms with Gasteiger partial charge < -0.3 is 5.11 Å². The molecule has 0 aliphatic heterocycles. The molecule has 0 saturated heterocycles. The lowest BCUT2D eigenvalue weighted by atomic mass is 9.66. The van der Waals surface area contributed by atoms with E-state index in [1.54, 1.807) is 0 Å². The zero-order valence-electron chi connectivity index (χ0n) is 11.8. The summed E-state index contributed by atoms with van der Waals surface area (Å²) in [5.41, 5.74) is 2.16. The zero-order chi connectivity index (χ0) is 14.4. The van der Waals surface area contributed by atoms with Gasteiger partial charge in [-0.1, -0.05) is 66.3 Å². The van der Waals surface area contributed by atoms with Gasteiger partial charge in [-0.15, -0.1) is 13.2 Å². The number of rotatable bonds is 6. The molecule has 2 unspecified atom stereocenters. The molecule has 1 N–H and O–H groups in total. The molecular weight excluding hydrogens is 244 g/mol. The van der Waals surface area contributed by atoms with Crippen LogP contribution in [0.25, 0.3) is 0 Å². The average Bonchev–Trinajstić information content (AvgIpc) is 2.45. The second-order valence-corrected chi connectivity index (χ2v) is 5.33. The van der Waals surface area contributed by atoms with Crippen molar-refractivity contribution >= 4 is 0 Å². The number of allylic oxidation sites excluding steroid dienone is 4. The van der Waals surface area contributed by atoms with Crippen LogP contribution in [0.1, 0.15) is 18.4 Å². The summed E-state index contributed by atoms with van der Waals surface area (Å²) in [6.45, 7) is 7.72. The monoisotopic (exact) mass is 266 g/mol. The third-order valence-electron chi connectivity index (χ3n) is 4.03. The first kappa shape index (κ1) is 14.5. The van der Waals surface area contributed by atoms with Crippen LogP contribution in [-0.2, 0) is 6.42 Å². The average molecular weight is 266 g/mol. The van der Waals surface area contributed by atoms with Gasteiger partial charge in [0.05, 0.1) is 6.10 Å². The molecule has 0 aromatic heterocycles. The Morgan fingerprint density at radius 3 is 2.55 bits per heavy atom. The van der Waals surface area contributed by atoms with Crippen LogP contribution < -0.4 is 0 Å². The van der Waals surface area contributed by atoms with Crippen LogP contribution >= 0.6 is 0 Å². The van der Waals surface area contributed by atoms with E-state index in [0.29, 0.717) is 0 Å². The quantitative estimate of drug-likeness (QED) is 0.764. The number of hydrogen-bond acceptors (Lipinski definition) is 1. The third kappa shape index (κ3) is 2.83. The summed E-state index contributed by atoms with van der Waals surface area (Å²) in [6.07, 6.45) is 11.6. The zero-order valence-corrected chi connectivity index (χ0v) is 11.8. The molecule has 0 spiro atoms. The van der Waals surface area contributed by atoms with Crippen molar-refractivity contribution in [1.82, 2.24) is 0 Å². The van der Waals surface area contributed by atoms with Crippen LogP contribution in [0.15, 0.2) is 79.4 Å². The Bertz CT molecular complexity index is 524. The highest BCUT2D eigenvalue weighted by Crippen LogP contribution is 2.43. The molecule has 20 heavy (non-hydrogen) atoms. The highest BCUT2D eigenvalue weighted by atomic mass is 16.3. The first-order valence-electron chi connectivity index (χ1n) is 7.04. The molecule has 2 rings (SSSR count). The highest BCUT2D eigenvalue weighted by molar-refractivity contribution is 5.35. The minimum atomic E-state index is -0.486. The summed E-state index contributed by atoms with van der Waals surface area (Å²) >= 11 is 0. The van der Waals surface area contributed by atoms with E-state index in [1.165, 1.54) is 11.1 Å². The number of aliphatic hydroxyl groups excluding tert-OH is 1. The Morgan fingerprint density at radius 1 is 1.15 bits per heavy atom. The number of hydrogen-bond donors (Lipinski definition) is 1. The lowest BCUT2D eigenvalue weighted by Gasteiger charge is -2.40. The molecule has 1 aromatic rings. The molecule has 1 nitrogen and oxygen atoms in total. The third-order valence-corrected chi connectivity index (χ3v) is 4.03. The van der Waals surface area contributed by atoms with Gasteiger partial charge in [-0.05, 0) is 24.8 Å². The van der Waals surface area contributed by atoms with Crippen LogP contribution in [0.5, 0.6) is 0 Å². The first-order valence-corrected chi connectivity index (χ1v) is 7.04. The van der Waals surface area contributed by atoms with E-state index in [1.807, 2.05) is 42.5 Å². The largest absolute Gasteiger partial charge is 0.388 e. The maximum Gasteiger partial charge on any atom is 0.0823 e. The van der Waals surface area contributed by atoms with Gasteiger partial charge >= 0.3 is 0 Å². The molecule has 0 saturated carbocycles. The van der Waals surface area contributed by atoms with Crippen molar-refractivity contribution in [3.63, 3.8) is 0 Å². The molecule has 104 valence electrons. The smallest absolute Gasteiger partial charge is 0.0823 e. The number of benzene rings is 1. The molecule has 0 radical (unpaired) electrons. The molecule has 0 bridgehead atoms. The van der Waals surface area contributed by atoms with Crippen LogP contribution in [0.2, 0.25) is 0 Å². The van der Waals surface area contributed by atoms with E-state index in [2.05, 4.69) is 31.4 Å². The van der Waals surface area contributed by atoms with Crippen molar-refractivity contribution in [3.8, 4) is 0 Å². The Kier molecular flexibility index (Phi) is 4.75. The second-order valence-electron chi connectivity index (χ2n) is 5.33. The summed E-state index contributed by atoms with van der Waals surface area (Å²) in [4.78, 5) is 0. The van der Waals surface area contributed by atoms with Crippen molar-refractivity contribution in [1.29, 1.82) is 0 Å². The molecule has 1 aliphatic carbocycles. The maximum absolute atomic E-state index is 10.6. The molecule has 1 aromatic carbocycles. The van der Waals surface area contributed by atoms with E-state index >= 15 is 0 Å². The molecule has 0 heterocycles. The van der Waals surface area contributed by atoms with Gasteiger partial charge in [0.25, 0.3) is 0 Å². The Labute approximate surface area is 121 Å². The van der Waals surface area contributed by atoms with Crippen LogP contribution in [0.3, 0.4) is 0 Å². The summed E-state index contributed by atoms with van der Waals surface area (Å²) in [7, 11) is 0. The summed E-state index contributed by atoms with van der Waals surface area (Å²) in [5, 5.41) is 10.6. The van der Waals surface area contributed by atoms with Gasteiger partial charge in [0, 0.05) is 5.41 Å². The van der Waals surface area contributed by atoms with Crippen molar-refractivity contribution < 1.29 is 5.11 Å². The predicted octanol–water partition coefficient (Wildman–Crippen LogP) is 4.22. The maximum atomic E-state index is 10.6. The lowest BCUT2D eigenvalue weighted by Crippen LogP contribution is -2.39. The Hall–Kier alpha value is -1.86. The molecule has 0 fully saturated rings. The summed E-state index contributed by atoms with van der Waals surface area (Å²) in [6, 6.07) is 10.3. The molecule has 0 amide bonds. The van der Waals surface area contributed by atoms with Gasteiger partial charge in [-0.2, -0.15) is 0 Å². The van der Waals surface area contributed by atoms with Crippen LogP contribution in [0.4, 0.5) is 0 Å². The number of aliphatic hydroxyl groups is 1. The topological polar surface area (TPSA) is 20.2 Å². The fourth-order valence-electron chi connectivity index (χ4n) is 3.00. The van der Waals surface area contributed by atoms with E-state index in [-0.39, 0.29) is 5.41 Å². The normalized spacial score (nSPS) is 25.1. The Morgan fingerprint density at radius 2 is 1.90 bits per heavy atom. The van der Waals surface area contributed by atoms with Crippen LogP contribution in [0, 0.1) is 5.41 Å². The standard InChI is InChI=1S/C19H22O/c1-3-9-17-12-8-13-18(20)19(17,14-4-2)15-16-10-6-5-7-11-16/h3-8,10-13,18,20H,1-2,9,14-15H2. The lowest BCUT2D eigenvalue weighted by molar-refractivity contribution is 0.0879. The molecule has 1 aliphatic rings. The van der Waals surface area contributed by atoms with Crippen molar-refractivity contribution in [2.24, 2.45) is 5.41 Å². The van der Waals surface area contributed by atoms with E-state index in [0.717, 1.165) is 19.3 Å². The predicted molar refractivity (Wildman–Crippen MR) is 85.4 cm³/mol. The minimum Gasteiger partial charge on any atom is -0.388 e. The molecule has 1 heteroatoms. The van der Waals surface area contributed by atoms with Gasteiger partial charge in [-0.3, -0.25) is 0 Å². The van der Waals surface area contributed by atoms with Gasteiger partial charge in [0.2, 0.25) is 0 Å². The van der Waals surface area contributed by atoms with Crippen LogP contribution in [-0.4, -0.2) is 11.2 Å². The molecule has 2 atom stereocenters. The van der Waals surface area contributed by atoms with Gasteiger partial charge in [-0.25, -0.2) is 0 Å². The first-order chi connectivity index (χ1) is 9.73. The van der Waals surface area contributed by atoms with E-state index in [4.69, 9.17) is 0 Å².